The lowest BCUT2D eigenvalue weighted by atomic mass is 9.85. The van der Waals surface area contributed by atoms with Crippen LogP contribution in [0.15, 0.2) is 45.6 Å². The van der Waals surface area contributed by atoms with Crippen LogP contribution in [-0.4, -0.2) is 22.3 Å². The van der Waals surface area contributed by atoms with Crippen molar-refractivity contribution < 1.29 is 23.8 Å². The van der Waals surface area contributed by atoms with E-state index in [1.807, 2.05) is 37.3 Å². The van der Waals surface area contributed by atoms with Crippen molar-refractivity contribution in [1.29, 1.82) is 0 Å². The molecular weight excluding hydrogens is 396 g/mol. The summed E-state index contributed by atoms with van der Waals surface area (Å²) in [5.74, 6) is -1.50. The van der Waals surface area contributed by atoms with E-state index in [9.17, 15) is 19.5 Å². The Kier molecular flexibility index (Phi) is 4.96. The molecule has 6 heteroatoms. The number of carbonyl (C=O) groups is 2. The minimum absolute atomic E-state index is 0.0375. The lowest BCUT2D eigenvalue weighted by Crippen LogP contribution is -2.36. The van der Waals surface area contributed by atoms with E-state index in [2.05, 4.69) is 0 Å². The third-order valence-corrected chi connectivity index (χ3v) is 5.75. The van der Waals surface area contributed by atoms with E-state index in [-0.39, 0.29) is 34.7 Å². The number of phenolic OH excluding ortho intramolecular Hbond substituents is 1. The molecule has 1 N–H and O–H groups in total. The Labute approximate surface area is 179 Å². The number of phenols is 1. The van der Waals surface area contributed by atoms with Gasteiger partial charge >= 0.3 is 5.63 Å². The average molecular weight is 420 g/mol. The van der Waals surface area contributed by atoms with Gasteiger partial charge in [-0.2, -0.15) is 0 Å². The molecule has 6 nitrogen and oxygen atoms in total. The predicted octanol–water partition coefficient (Wildman–Crippen LogP) is 5.14. The Morgan fingerprint density at radius 2 is 1.87 bits per heavy atom. The van der Waals surface area contributed by atoms with Crippen LogP contribution in [-0.2, 0) is 0 Å². The fourth-order valence-corrected chi connectivity index (χ4v) is 4.01. The van der Waals surface area contributed by atoms with Crippen LogP contribution in [0.1, 0.15) is 61.3 Å². The first kappa shape index (κ1) is 20.8. The Hall–Kier alpha value is -3.41. The van der Waals surface area contributed by atoms with E-state index < -0.39 is 28.7 Å². The number of hydrogen-bond acceptors (Lipinski definition) is 6. The molecule has 0 spiro atoms. The molecular formula is C25H24O6. The molecule has 160 valence electrons. The van der Waals surface area contributed by atoms with Gasteiger partial charge in [0.15, 0.2) is 17.1 Å². The molecule has 0 amide bonds. The molecule has 0 saturated heterocycles. The molecule has 0 fully saturated rings. The number of rotatable bonds is 4. The second kappa shape index (κ2) is 7.38. The molecule has 1 aliphatic rings. The van der Waals surface area contributed by atoms with Gasteiger partial charge in [0.1, 0.15) is 28.2 Å². The maximum atomic E-state index is 13.2. The molecule has 1 aromatic heterocycles. The Bertz CT molecular complexity index is 1270. The van der Waals surface area contributed by atoms with Crippen molar-refractivity contribution in [3.05, 3.63) is 57.9 Å². The second-order valence-electron chi connectivity index (χ2n) is 8.61. The van der Waals surface area contributed by atoms with E-state index in [0.29, 0.717) is 22.9 Å². The van der Waals surface area contributed by atoms with Gasteiger partial charge in [-0.1, -0.05) is 44.2 Å². The number of ketones is 2. The van der Waals surface area contributed by atoms with E-state index in [4.69, 9.17) is 9.15 Å². The summed E-state index contributed by atoms with van der Waals surface area (Å²) in [6, 6.07) is 10.5. The minimum Gasteiger partial charge on any atom is -0.506 e. The van der Waals surface area contributed by atoms with Gasteiger partial charge in [0.05, 0.1) is 11.8 Å². The fraction of sp³-hybridized carbons (Fsp3) is 0.320. The summed E-state index contributed by atoms with van der Waals surface area (Å²) in [5.41, 5.74) is -0.542. The third kappa shape index (κ3) is 3.42. The topological polar surface area (TPSA) is 93.8 Å². The van der Waals surface area contributed by atoms with Crippen LogP contribution in [0.4, 0.5) is 0 Å². The standard InChI is InChI=1S/C25H24O6/c1-5-13(2)21(28)20-22(29)19-16(26)12-25(3,4)31-24(19)18-15(11-17(27)30-23(18)20)14-9-7-6-8-10-14/h6-11,13,29H,5,12H2,1-4H3. The quantitative estimate of drug-likeness (QED) is 0.464. The highest BCUT2D eigenvalue weighted by Gasteiger charge is 2.40. The van der Waals surface area contributed by atoms with Crippen molar-refractivity contribution in [3.63, 3.8) is 0 Å². The van der Waals surface area contributed by atoms with Crippen LogP contribution in [0.3, 0.4) is 0 Å². The number of ether oxygens (including phenoxy) is 1. The van der Waals surface area contributed by atoms with E-state index >= 15 is 0 Å². The molecule has 2 aromatic carbocycles. The van der Waals surface area contributed by atoms with Gasteiger partial charge in [0.25, 0.3) is 0 Å². The third-order valence-electron chi connectivity index (χ3n) is 5.75. The van der Waals surface area contributed by atoms with Crippen molar-refractivity contribution in [2.24, 2.45) is 5.92 Å². The van der Waals surface area contributed by atoms with Crippen LogP contribution >= 0.6 is 0 Å². The van der Waals surface area contributed by atoms with Crippen molar-refractivity contribution >= 4 is 22.5 Å². The summed E-state index contributed by atoms with van der Waals surface area (Å²) < 4.78 is 11.6. The predicted molar refractivity (Wildman–Crippen MR) is 117 cm³/mol. The summed E-state index contributed by atoms with van der Waals surface area (Å²) >= 11 is 0. The van der Waals surface area contributed by atoms with Crippen molar-refractivity contribution in [3.8, 4) is 22.6 Å². The molecule has 31 heavy (non-hydrogen) atoms. The Balaban J connectivity index is 2.23. The van der Waals surface area contributed by atoms with Crippen LogP contribution in [0.5, 0.6) is 11.5 Å². The van der Waals surface area contributed by atoms with Crippen LogP contribution in [0, 0.1) is 5.92 Å². The first-order valence-corrected chi connectivity index (χ1v) is 10.3. The fourth-order valence-electron chi connectivity index (χ4n) is 4.01. The lowest BCUT2D eigenvalue weighted by Gasteiger charge is -2.33. The normalized spacial score (nSPS) is 15.9. The number of hydrogen-bond donors (Lipinski definition) is 1. The molecule has 0 radical (unpaired) electrons. The second-order valence-corrected chi connectivity index (χ2v) is 8.61. The zero-order valence-corrected chi connectivity index (χ0v) is 17.9. The van der Waals surface area contributed by atoms with Gasteiger partial charge in [-0.15, -0.1) is 0 Å². The Morgan fingerprint density at radius 3 is 2.52 bits per heavy atom. The molecule has 0 bridgehead atoms. The van der Waals surface area contributed by atoms with Gasteiger partial charge in [-0.3, -0.25) is 9.59 Å². The highest BCUT2D eigenvalue weighted by atomic mass is 16.5. The summed E-state index contributed by atoms with van der Waals surface area (Å²) in [5, 5.41) is 11.4. The highest BCUT2D eigenvalue weighted by Crippen LogP contribution is 2.49. The maximum absolute atomic E-state index is 13.2. The van der Waals surface area contributed by atoms with E-state index in [1.165, 1.54) is 6.07 Å². The van der Waals surface area contributed by atoms with Crippen molar-refractivity contribution in [1.82, 2.24) is 0 Å². The molecule has 2 heterocycles. The number of carbonyl (C=O) groups excluding carboxylic acids is 2. The highest BCUT2D eigenvalue weighted by molar-refractivity contribution is 6.19. The zero-order valence-electron chi connectivity index (χ0n) is 17.9. The number of benzene rings is 2. The van der Waals surface area contributed by atoms with E-state index in [0.717, 1.165) is 0 Å². The zero-order chi connectivity index (χ0) is 22.5. The summed E-state index contributed by atoms with van der Waals surface area (Å²) in [4.78, 5) is 38.8. The summed E-state index contributed by atoms with van der Waals surface area (Å²) in [6.07, 6.45) is 0.574. The Morgan fingerprint density at radius 1 is 1.19 bits per heavy atom. The van der Waals surface area contributed by atoms with Crippen LogP contribution < -0.4 is 10.4 Å². The molecule has 4 rings (SSSR count). The average Bonchev–Trinajstić information content (AvgIpc) is 2.71. The SMILES string of the molecule is CCC(C)C(=O)c1c(O)c2c(c3c(-c4ccccc4)cc(=O)oc13)OC(C)(C)CC2=O. The van der Waals surface area contributed by atoms with Crippen LogP contribution in [0.2, 0.25) is 0 Å². The number of Topliss-reactive ketones (excluding diaryl/α,β-unsaturated/α-hetero) is 2. The minimum atomic E-state index is -0.824. The number of fused-ring (bicyclic) bond motifs is 3. The maximum Gasteiger partial charge on any atom is 0.336 e. The van der Waals surface area contributed by atoms with Gasteiger partial charge < -0.3 is 14.3 Å². The van der Waals surface area contributed by atoms with Gasteiger partial charge in [-0.05, 0) is 25.8 Å². The molecule has 1 unspecified atom stereocenters. The lowest BCUT2D eigenvalue weighted by molar-refractivity contribution is 0.0624. The molecule has 1 atom stereocenters. The van der Waals surface area contributed by atoms with Crippen molar-refractivity contribution in [2.75, 3.05) is 0 Å². The first-order chi connectivity index (χ1) is 14.6. The van der Waals surface area contributed by atoms with Crippen LogP contribution in [0.25, 0.3) is 22.1 Å². The largest absolute Gasteiger partial charge is 0.506 e. The first-order valence-electron chi connectivity index (χ1n) is 10.3. The van der Waals surface area contributed by atoms with Gasteiger partial charge in [0.2, 0.25) is 0 Å². The molecule has 0 aliphatic carbocycles. The molecule has 1 aliphatic heterocycles. The van der Waals surface area contributed by atoms with Crippen molar-refractivity contribution in [2.45, 2.75) is 46.1 Å². The summed E-state index contributed by atoms with van der Waals surface area (Å²) in [6.45, 7) is 7.13. The van der Waals surface area contributed by atoms with Gasteiger partial charge in [-0.25, -0.2) is 4.79 Å². The molecule has 0 saturated carbocycles. The smallest absolute Gasteiger partial charge is 0.336 e. The number of aromatic hydroxyl groups is 1. The van der Waals surface area contributed by atoms with Gasteiger partial charge in [0, 0.05) is 17.5 Å². The summed E-state index contributed by atoms with van der Waals surface area (Å²) in [7, 11) is 0. The monoisotopic (exact) mass is 420 g/mol. The molecule has 3 aromatic rings. The van der Waals surface area contributed by atoms with E-state index in [1.54, 1.807) is 20.8 Å².